The summed E-state index contributed by atoms with van der Waals surface area (Å²) in [7, 11) is 0. The number of carbonyl (C=O) groups excluding carboxylic acids is 1. The number of halogens is 1. The highest BCUT2D eigenvalue weighted by Gasteiger charge is 2.59. The maximum Gasteiger partial charge on any atom is 0.228 e. The van der Waals surface area contributed by atoms with Crippen LogP contribution in [0.15, 0.2) is 42.5 Å². The molecule has 1 aliphatic carbocycles. The Kier molecular flexibility index (Phi) is 5.67. The van der Waals surface area contributed by atoms with E-state index in [1.807, 2.05) is 4.90 Å². The van der Waals surface area contributed by atoms with E-state index in [9.17, 15) is 9.18 Å². The van der Waals surface area contributed by atoms with Crippen LogP contribution < -0.4 is 10.2 Å². The number of benzene rings is 2. The van der Waals surface area contributed by atoms with Gasteiger partial charge in [-0.05, 0) is 48.9 Å². The molecule has 164 valence electrons. The number of likely N-dealkylation sites (tertiary alicyclic amines) is 1. The van der Waals surface area contributed by atoms with Crippen molar-refractivity contribution in [2.24, 2.45) is 17.8 Å². The molecule has 5 nitrogen and oxygen atoms in total. The zero-order valence-corrected chi connectivity index (χ0v) is 18.0. The number of rotatable bonds is 6. The highest BCUT2D eigenvalue weighted by atomic mass is 19.1. The Bertz CT molecular complexity index is 930. The Morgan fingerprint density at radius 2 is 1.81 bits per heavy atom. The summed E-state index contributed by atoms with van der Waals surface area (Å²) >= 11 is 0. The van der Waals surface area contributed by atoms with Crippen LogP contribution in [0.3, 0.4) is 0 Å². The SMILES string of the molecule is Cc1ccc(CCN2CC3C(C2)C3C(=O)Nc2ccc(N3CCOCC3)c(F)c2)cc1. The van der Waals surface area contributed by atoms with Crippen LogP contribution in [0.2, 0.25) is 0 Å². The molecule has 1 N–H and O–H groups in total. The molecule has 2 unspecified atom stereocenters. The number of ether oxygens (including phenoxy) is 1. The fraction of sp³-hybridized carbons (Fsp3) is 0.480. The number of morpholine rings is 1. The van der Waals surface area contributed by atoms with Crippen molar-refractivity contribution in [1.29, 1.82) is 0 Å². The van der Waals surface area contributed by atoms with Gasteiger partial charge in [-0.15, -0.1) is 0 Å². The Labute approximate surface area is 183 Å². The van der Waals surface area contributed by atoms with Gasteiger partial charge < -0.3 is 19.9 Å². The van der Waals surface area contributed by atoms with Crippen molar-refractivity contribution in [2.75, 3.05) is 56.2 Å². The molecular formula is C25H30FN3O2. The minimum atomic E-state index is -0.294. The predicted octanol–water partition coefficient (Wildman–Crippen LogP) is 3.33. The van der Waals surface area contributed by atoms with Gasteiger partial charge in [0.25, 0.3) is 0 Å². The molecule has 3 aliphatic rings. The van der Waals surface area contributed by atoms with Gasteiger partial charge in [0.1, 0.15) is 5.82 Å². The Hall–Kier alpha value is -2.44. The normalized spacial score (nSPS) is 25.4. The van der Waals surface area contributed by atoms with Crippen LogP contribution in [0.4, 0.5) is 15.8 Å². The molecule has 1 amide bonds. The Morgan fingerprint density at radius 3 is 2.48 bits per heavy atom. The molecule has 3 fully saturated rings. The van der Waals surface area contributed by atoms with Crippen LogP contribution in [-0.4, -0.2) is 56.7 Å². The molecular weight excluding hydrogens is 393 g/mol. The van der Waals surface area contributed by atoms with E-state index in [-0.39, 0.29) is 17.6 Å². The number of carbonyl (C=O) groups is 1. The van der Waals surface area contributed by atoms with Crippen molar-refractivity contribution in [1.82, 2.24) is 4.90 Å². The lowest BCUT2D eigenvalue weighted by Gasteiger charge is -2.29. The standard InChI is InChI=1S/C25H30FN3O2/c1-17-2-4-18(5-3-17)8-9-28-15-20-21(16-28)24(20)25(30)27-19-6-7-23(22(26)14-19)29-10-12-31-13-11-29/h2-7,14,20-21,24H,8-13,15-16H2,1H3,(H,27,30). The molecule has 2 saturated heterocycles. The number of amides is 1. The number of fused-ring (bicyclic) bond motifs is 1. The summed E-state index contributed by atoms with van der Waals surface area (Å²) in [4.78, 5) is 17.2. The summed E-state index contributed by atoms with van der Waals surface area (Å²) in [6.07, 6.45) is 1.05. The summed E-state index contributed by atoms with van der Waals surface area (Å²) in [6, 6.07) is 13.7. The topological polar surface area (TPSA) is 44.8 Å². The molecule has 0 spiro atoms. The Balaban J connectivity index is 1.10. The van der Waals surface area contributed by atoms with Crippen LogP contribution in [0.1, 0.15) is 11.1 Å². The second kappa shape index (κ2) is 8.60. The van der Waals surface area contributed by atoms with Gasteiger partial charge in [-0.25, -0.2) is 4.39 Å². The van der Waals surface area contributed by atoms with E-state index >= 15 is 0 Å². The van der Waals surface area contributed by atoms with Crippen LogP contribution >= 0.6 is 0 Å². The van der Waals surface area contributed by atoms with Crippen LogP contribution in [0.5, 0.6) is 0 Å². The summed E-state index contributed by atoms with van der Waals surface area (Å²) in [5.41, 5.74) is 3.77. The largest absolute Gasteiger partial charge is 0.378 e. The van der Waals surface area contributed by atoms with Crippen molar-refractivity contribution < 1.29 is 13.9 Å². The molecule has 2 atom stereocenters. The molecule has 2 aromatic carbocycles. The van der Waals surface area contributed by atoms with Crippen molar-refractivity contribution in [3.8, 4) is 0 Å². The number of hydrogen-bond acceptors (Lipinski definition) is 4. The zero-order chi connectivity index (χ0) is 21.4. The molecule has 0 aromatic heterocycles. The number of aryl methyl sites for hydroxylation is 1. The van der Waals surface area contributed by atoms with E-state index in [1.54, 1.807) is 12.1 Å². The molecule has 1 saturated carbocycles. The van der Waals surface area contributed by atoms with E-state index in [2.05, 4.69) is 41.4 Å². The first-order chi connectivity index (χ1) is 15.1. The van der Waals surface area contributed by atoms with Crippen molar-refractivity contribution in [3.05, 3.63) is 59.4 Å². The fourth-order valence-electron chi connectivity index (χ4n) is 5.10. The van der Waals surface area contributed by atoms with Crippen LogP contribution in [0.25, 0.3) is 0 Å². The summed E-state index contributed by atoms with van der Waals surface area (Å²) in [6.45, 7) is 7.73. The van der Waals surface area contributed by atoms with Crippen LogP contribution in [0, 0.1) is 30.5 Å². The van der Waals surface area contributed by atoms with Crippen molar-refractivity contribution >= 4 is 17.3 Å². The third kappa shape index (κ3) is 4.46. The molecule has 2 aromatic rings. The van der Waals surface area contributed by atoms with Crippen LogP contribution in [-0.2, 0) is 16.0 Å². The fourth-order valence-corrected chi connectivity index (χ4v) is 5.10. The van der Waals surface area contributed by atoms with Gasteiger partial charge in [-0.1, -0.05) is 29.8 Å². The minimum Gasteiger partial charge on any atom is -0.378 e. The summed E-state index contributed by atoms with van der Waals surface area (Å²) in [5.74, 6) is 0.688. The van der Waals surface area contributed by atoms with Gasteiger partial charge >= 0.3 is 0 Å². The first-order valence-electron chi connectivity index (χ1n) is 11.3. The van der Waals surface area contributed by atoms with Gasteiger partial charge in [0.2, 0.25) is 5.91 Å². The Morgan fingerprint density at radius 1 is 1.10 bits per heavy atom. The van der Waals surface area contributed by atoms with Gasteiger partial charge in [-0.2, -0.15) is 0 Å². The second-order valence-corrected chi connectivity index (χ2v) is 9.10. The van der Waals surface area contributed by atoms with E-state index < -0.39 is 0 Å². The highest BCUT2D eigenvalue weighted by Crippen LogP contribution is 2.52. The molecule has 5 rings (SSSR count). The van der Waals surface area contributed by atoms with Gasteiger partial charge in [0.15, 0.2) is 0 Å². The number of nitrogens with one attached hydrogen (secondary N) is 1. The molecule has 0 radical (unpaired) electrons. The summed E-state index contributed by atoms with van der Waals surface area (Å²) < 4.78 is 19.9. The lowest BCUT2D eigenvalue weighted by Crippen LogP contribution is -2.36. The van der Waals surface area contributed by atoms with Crippen molar-refractivity contribution in [3.63, 3.8) is 0 Å². The number of piperidine rings is 1. The van der Waals surface area contributed by atoms with E-state index in [1.165, 1.54) is 17.2 Å². The smallest absolute Gasteiger partial charge is 0.228 e. The van der Waals surface area contributed by atoms with E-state index in [4.69, 9.17) is 4.74 Å². The maximum atomic E-state index is 14.6. The molecule has 0 bridgehead atoms. The van der Waals surface area contributed by atoms with E-state index in [0.717, 1.165) is 26.1 Å². The maximum absolute atomic E-state index is 14.6. The van der Waals surface area contributed by atoms with Gasteiger partial charge in [-0.3, -0.25) is 4.79 Å². The first kappa shape index (κ1) is 20.5. The minimum absolute atomic E-state index is 0.0340. The monoisotopic (exact) mass is 423 g/mol. The quantitative estimate of drug-likeness (QED) is 0.774. The lowest BCUT2D eigenvalue weighted by molar-refractivity contribution is -0.118. The van der Waals surface area contributed by atoms with Gasteiger partial charge in [0, 0.05) is 44.3 Å². The van der Waals surface area contributed by atoms with Crippen molar-refractivity contribution in [2.45, 2.75) is 13.3 Å². The number of nitrogens with zero attached hydrogens (tertiary/aromatic N) is 2. The summed E-state index contributed by atoms with van der Waals surface area (Å²) in [5, 5.41) is 2.94. The third-order valence-corrected chi connectivity index (χ3v) is 6.98. The molecule has 31 heavy (non-hydrogen) atoms. The molecule has 2 heterocycles. The highest BCUT2D eigenvalue weighted by molar-refractivity contribution is 5.95. The predicted molar refractivity (Wildman–Crippen MR) is 120 cm³/mol. The number of hydrogen-bond donors (Lipinski definition) is 1. The zero-order valence-electron chi connectivity index (χ0n) is 18.0. The molecule has 2 aliphatic heterocycles. The number of anilines is 2. The molecule has 6 heteroatoms. The van der Waals surface area contributed by atoms with Gasteiger partial charge in [0.05, 0.1) is 18.9 Å². The third-order valence-electron chi connectivity index (χ3n) is 6.98. The lowest BCUT2D eigenvalue weighted by atomic mass is 10.1. The first-order valence-corrected chi connectivity index (χ1v) is 11.3. The van der Waals surface area contributed by atoms with E-state index in [0.29, 0.717) is 49.5 Å². The average Bonchev–Trinajstić information content (AvgIpc) is 3.29. The second-order valence-electron chi connectivity index (χ2n) is 9.10. The average molecular weight is 424 g/mol.